The number of hydrogen-bond acceptors (Lipinski definition) is 2. The van der Waals surface area contributed by atoms with Gasteiger partial charge in [0.15, 0.2) is 5.69 Å². The summed E-state index contributed by atoms with van der Waals surface area (Å²) in [5.41, 5.74) is -0.312. The normalized spacial score (nSPS) is 11.7. The molecule has 0 radical (unpaired) electrons. The number of carbonyl (C=O) groups is 1. The highest BCUT2D eigenvalue weighted by Gasteiger charge is 2.33. The van der Waals surface area contributed by atoms with Crippen molar-refractivity contribution in [3.63, 3.8) is 0 Å². The van der Waals surface area contributed by atoms with Gasteiger partial charge in [0.1, 0.15) is 5.82 Å². The summed E-state index contributed by atoms with van der Waals surface area (Å²) in [6.07, 6.45) is -2.85. The lowest BCUT2D eigenvalue weighted by Gasteiger charge is -2.11. The third kappa shape index (κ3) is 2.94. The van der Waals surface area contributed by atoms with Crippen LogP contribution in [0.5, 0.6) is 0 Å². The van der Waals surface area contributed by atoms with Crippen molar-refractivity contribution in [3.8, 4) is 0 Å². The first kappa shape index (κ1) is 16.3. The van der Waals surface area contributed by atoms with Gasteiger partial charge in [-0.25, -0.2) is 4.98 Å². The van der Waals surface area contributed by atoms with Crippen LogP contribution in [0.1, 0.15) is 21.9 Å². The number of alkyl halides is 3. The zero-order chi connectivity index (χ0) is 17.5. The molecule has 24 heavy (non-hydrogen) atoms. The molecule has 0 saturated heterocycles. The Bertz CT molecular complexity index is 934. The number of rotatable bonds is 2. The average Bonchev–Trinajstić information content (AvgIpc) is 2.86. The first-order valence-electron chi connectivity index (χ1n) is 6.89. The Hall–Kier alpha value is -2.54. The van der Waals surface area contributed by atoms with Crippen LogP contribution in [0.2, 0.25) is 5.02 Å². The molecule has 0 saturated carbocycles. The molecule has 1 aromatic carbocycles. The maximum Gasteiger partial charge on any atom is 0.417 e. The number of imidazole rings is 1. The van der Waals surface area contributed by atoms with Crippen molar-refractivity contribution in [2.24, 2.45) is 0 Å². The molecule has 0 aliphatic rings. The second kappa shape index (κ2) is 5.83. The molecule has 0 atom stereocenters. The van der Waals surface area contributed by atoms with E-state index in [1.165, 1.54) is 6.07 Å². The fraction of sp³-hybridized carbons (Fsp3) is 0.125. The van der Waals surface area contributed by atoms with Crippen molar-refractivity contribution in [2.45, 2.75) is 13.1 Å². The molecule has 1 N–H and O–H groups in total. The number of aryl methyl sites for hydroxylation is 1. The van der Waals surface area contributed by atoms with Gasteiger partial charge in [-0.2, -0.15) is 13.2 Å². The van der Waals surface area contributed by atoms with Gasteiger partial charge in [-0.3, -0.25) is 4.79 Å². The number of amides is 1. The first-order valence-corrected chi connectivity index (χ1v) is 7.27. The molecule has 3 aromatic rings. The van der Waals surface area contributed by atoms with Gasteiger partial charge in [0.25, 0.3) is 5.91 Å². The summed E-state index contributed by atoms with van der Waals surface area (Å²) in [7, 11) is 0. The number of aromatic nitrogens is 2. The van der Waals surface area contributed by atoms with Crippen LogP contribution in [0.15, 0.2) is 42.6 Å². The Morgan fingerprint density at radius 3 is 2.71 bits per heavy atom. The number of halogens is 4. The molecule has 0 aliphatic heterocycles. The summed E-state index contributed by atoms with van der Waals surface area (Å²) in [5.74, 6) is 0.00471. The van der Waals surface area contributed by atoms with Gasteiger partial charge in [0.2, 0.25) is 0 Å². The molecule has 124 valence electrons. The standard InChI is InChI=1S/C16H11ClF3N3O/c1-9-21-14(13-4-2-3-7-23(9)13)15(24)22-10-5-6-12(17)11(8-10)16(18,19)20/h2-8H,1H3,(H,22,24). The van der Waals surface area contributed by atoms with Crippen molar-refractivity contribution >= 4 is 28.7 Å². The average molecular weight is 354 g/mol. The molecular formula is C16H11ClF3N3O. The summed E-state index contributed by atoms with van der Waals surface area (Å²) in [5, 5.41) is 2.00. The predicted molar refractivity (Wildman–Crippen MR) is 84.3 cm³/mol. The number of benzene rings is 1. The van der Waals surface area contributed by atoms with E-state index >= 15 is 0 Å². The molecule has 3 rings (SSSR count). The van der Waals surface area contributed by atoms with E-state index in [1.54, 1.807) is 35.7 Å². The number of pyridine rings is 1. The molecule has 0 fully saturated rings. The minimum absolute atomic E-state index is 0.00791. The van der Waals surface area contributed by atoms with E-state index in [-0.39, 0.29) is 11.4 Å². The van der Waals surface area contributed by atoms with Crippen LogP contribution in [0.4, 0.5) is 18.9 Å². The highest BCUT2D eigenvalue weighted by molar-refractivity contribution is 6.31. The van der Waals surface area contributed by atoms with Crippen molar-refractivity contribution in [3.05, 3.63) is 64.7 Å². The SMILES string of the molecule is Cc1nc(C(=O)Nc2ccc(Cl)c(C(F)(F)F)c2)c2ccccn12. The van der Waals surface area contributed by atoms with Crippen molar-refractivity contribution in [2.75, 3.05) is 5.32 Å². The Balaban J connectivity index is 1.95. The van der Waals surface area contributed by atoms with Gasteiger partial charge < -0.3 is 9.72 Å². The van der Waals surface area contributed by atoms with Crippen LogP contribution >= 0.6 is 11.6 Å². The van der Waals surface area contributed by atoms with Gasteiger partial charge in [0.05, 0.1) is 16.1 Å². The monoisotopic (exact) mass is 353 g/mol. The molecule has 0 aliphatic carbocycles. The number of nitrogens with zero attached hydrogens (tertiary/aromatic N) is 2. The Morgan fingerprint density at radius 1 is 1.25 bits per heavy atom. The largest absolute Gasteiger partial charge is 0.417 e. The molecule has 0 spiro atoms. The molecule has 0 bridgehead atoms. The maximum atomic E-state index is 12.9. The van der Waals surface area contributed by atoms with E-state index in [9.17, 15) is 18.0 Å². The van der Waals surface area contributed by atoms with Crippen LogP contribution in [-0.4, -0.2) is 15.3 Å². The maximum absolute atomic E-state index is 12.9. The second-order valence-corrected chi connectivity index (χ2v) is 5.52. The van der Waals surface area contributed by atoms with E-state index in [0.717, 1.165) is 12.1 Å². The van der Waals surface area contributed by atoms with E-state index in [4.69, 9.17) is 11.6 Å². The van der Waals surface area contributed by atoms with Gasteiger partial charge in [-0.15, -0.1) is 0 Å². The van der Waals surface area contributed by atoms with Gasteiger partial charge in [0, 0.05) is 11.9 Å². The number of hydrogen-bond donors (Lipinski definition) is 1. The number of fused-ring (bicyclic) bond motifs is 1. The molecule has 0 unspecified atom stereocenters. The summed E-state index contributed by atoms with van der Waals surface area (Å²) in [6, 6.07) is 8.44. The minimum Gasteiger partial charge on any atom is -0.321 e. The highest BCUT2D eigenvalue weighted by Crippen LogP contribution is 2.36. The molecule has 2 aromatic heterocycles. The van der Waals surface area contributed by atoms with Gasteiger partial charge in [-0.05, 0) is 37.3 Å². The van der Waals surface area contributed by atoms with E-state index in [0.29, 0.717) is 11.3 Å². The number of carbonyl (C=O) groups excluding carboxylic acids is 1. The van der Waals surface area contributed by atoms with Crippen LogP contribution in [0.3, 0.4) is 0 Å². The summed E-state index contributed by atoms with van der Waals surface area (Å²) < 4.78 is 40.4. The molecule has 4 nitrogen and oxygen atoms in total. The Labute approximate surface area is 139 Å². The molecule has 1 amide bonds. The van der Waals surface area contributed by atoms with Crippen LogP contribution in [-0.2, 0) is 6.18 Å². The zero-order valence-electron chi connectivity index (χ0n) is 12.4. The second-order valence-electron chi connectivity index (χ2n) is 5.11. The lowest BCUT2D eigenvalue weighted by molar-refractivity contribution is -0.137. The molecule has 8 heteroatoms. The van der Waals surface area contributed by atoms with E-state index in [2.05, 4.69) is 10.3 Å². The smallest absolute Gasteiger partial charge is 0.321 e. The summed E-state index contributed by atoms with van der Waals surface area (Å²) >= 11 is 5.57. The van der Waals surface area contributed by atoms with E-state index < -0.39 is 22.7 Å². The van der Waals surface area contributed by atoms with Crippen LogP contribution < -0.4 is 5.32 Å². The highest BCUT2D eigenvalue weighted by atomic mass is 35.5. The number of anilines is 1. The number of nitrogens with one attached hydrogen (secondary N) is 1. The molecule has 2 heterocycles. The molecular weight excluding hydrogens is 343 g/mol. The lowest BCUT2D eigenvalue weighted by Crippen LogP contribution is -2.14. The topological polar surface area (TPSA) is 46.4 Å². The first-order chi connectivity index (χ1) is 11.3. The summed E-state index contributed by atoms with van der Waals surface area (Å²) in [4.78, 5) is 16.6. The third-order valence-electron chi connectivity index (χ3n) is 3.47. The Kier molecular flexibility index (Phi) is 3.96. The third-order valence-corrected chi connectivity index (χ3v) is 3.80. The van der Waals surface area contributed by atoms with Gasteiger partial charge >= 0.3 is 6.18 Å². The van der Waals surface area contributed by atoms with Crippen molar-refractivity contribution < 1.29 is 18.0 Å². The van der Waals surface area contributed by atoms with E-state index in [1.807, 2.05) is 0 Å². The van der Waals surface area contributed by atoms with Gasteiger partial charge in [-0.1, -0.05) is 17.7 Å². The van der Waals surface area contributed by atoms with Crippen molar-refractivity contribution in [1.29, 1.82) is 0 Å². The summed E-state index contributed by atoms with van der Waals surface area (Å²) in [6.45, 7) is 1.73. The van der Waals surface area contributed by atoms with Crippen LogP contribution in [0.25, 0.3) is 5.52 Å². The predicted octanol–water partition coefficient (Wildman–Crippen LogP) is 4.57. The van der Waals surface area contributed by atoms with Crippen LogP contribution in [0, 0.1) is 6.92 Å². The Morgan fingerprint density at radius 2 is 2.00 bits per heavy atom. The quantitative estimate of drug-likeness (QED) is 0.733. The fourth-order valence-electron chi connectivity index (χ4n) is 2.37. The van der Waals surface area contributed by atoms with Crippen molar-refractivity contribution in [1.82, 2.24) is 9.38 Å². The minimum atomic E-state index is -4.60. The zero-order valence-corrected chi connectivity index (χ0v) is 13.1. The lowest BCUT2D eigenvalue weighted by atomic mass is 10.2. The fourth-order valence-corrected chi connectivity index (χ4v) is 2.59.